The topological polar surface area (TPSA) is 9.23 Å². The fraction of sp³-hybridized carbons (Fsp3) is 0.333. The molecule has 0 bridgehead atoms. The van der Waals surface area contributed by atoms with Crippen molar-refractivity contribution >= 4 is 0 Å². The average Bonchev–Trinajstić information content (AvgIpc) is 2.53. The van der Waals surface area contributed by atoms with Gasteiger partial charge in [0, 0.05) is 6.61 Å². The first-order valence-electron chi connectivity index (χ1n) is 7.57. The Labute approximate surface area is 141 Å². The Balaban J connectivity index is 2.02. The van der Waals surface area contributed by atoms with Crippen LogP contribution in [0.1, 0.15) is 28.7 Å². The molecule has 136 valence electrons. The van der Waals surface area contributed by atoms with E-state index in [1.807, 2.05) is 30.3 Å². The normalized spacial score (nSPS) is 12.4. The summed E-state index contributed by atoms with van der Waals surface area (Å²) in [6, 6.07) is 11.8. The molecule has 2 aromatic rings. The van der Waals surface area contributed by atoms with Gasteiger partial charge in [-0.25, -0.2) is 0 Å². The SMILES string of the molecule is FC(F)(F)c1cccc(COCCCc2ccccc2)c1C(F)(F)F. The summed E-state index contributed by atoms with van der Waals surface area (Å²) in [4.78, 5) is 0. The van der Waals surface area contributed by atoms with Crippen molar-refractivity contribution in [3.8, 4) is 0 Å². The fourth-order valence-electron chi connectivity index (χ4n) is 2.50. The molecule has 0 aliphatic rings. The first-order chi connectivity index (χ1) is 11.7. The third kappa shape index (κ3) is 5.49. The number of benzene rings is 2. The van der Waals surface area contributed by atoms with Gasteiger partial charge in [0.2, 0.25) is 0 Å². The third-order valence-electron chi connectivity index (χ3n) is 3.59. The smallest absolute Gasteiger partial charge is 0.377 e. The van der Waals surface area contributed by atoms with Crippen molar-refractivity contribution in [3.05, 3.63) is 70.8 Å². The minimum atomic E-state index is -5.10. The van der Waals surface area contributed by atoms with Crippen LogP contribution in [0.3, 0.4) is 0 Å². The number of aryl methyl sites for hydroxylation is 1. The Morgan fingerprint density at radius 1 is 0.760 bits per heavy atom. The van der Waals surface area contributed by atoms with E-state index in [0.29, 0.717) is 18.9 Å². The molecule has 25 heavy (non-hydrogen) atoms. The molecule has 0 fully saturated rings. The van der Waals surface area contributed by atoms with Gasteiger partial charge < -0.3 is 4.74 Å². The minimum absolute atomic E-state index is 0.155. The van der Waals surface area contributed by atoms with Crippen LogP contribution in [-0.2, 0) is 30.1 Å². The molecule has 0 unspecified atom stereocenters. The van der Waals surface area contributed by atoms with E-state index in [1.165, 1.54) is 0 Å². The maximum absolute atomic E-state index is 13.1. The molecule has 0 saturated heterocycles. The lowest BCUT2D eigenvalue weighted by Crippen LogP contribution is -2.19. The molecular weight excluding hydrogens is 346 g/mol. The monoisotopic (exact) mass is 362 g/mol. The highest BCUT2D eigenvalue weighted by molar-refractivity contribution is 5.39. The van der Waals surface area contributed by atoms with Crippen molar-refractivity contribution < 1.29 is 31.1 Å². The van der Waals surface area contributed by atoms with E-state index in [9.17, 15) is 26.3 Å². The summed E-state index contributed by atoms with van der Waals surface area (Å²) in [5, 5.41) is 0. The molecule has 7 heteroatoms. The number of alkyl halides is 6. The first kappa shape index (κ1) is 19.3. The Kier molecular flexibility index (Phi) is 6.11. The fourth-order valence-corrected chi connectivity index (χ4v) is 2.50. The summed E-state index contributed by atoms with van der Waals surface area (Å²) in [6.07, 6.45) is -8.94. The molecule has 0 saturated carbocycles. The molecule has 0 amide bonds. The van der Waals surface area contributed by atoms with Crippen LogP contribution < -0.4 is 0 Å². The van der Waals surface area contributed by atoms with Crippen LogP contribution in [0, 0.1) is 0 Å². The molecule has 0 aliphatic heterocycles. The van der Waals surface area contributed by atoms with E-state index >= 15 is 0 Å². The van der Waals surface area contributed by atoms with Crippen LogP contribution in [0.5, 0.6) is 0 Å². The summed E-state index contributed by atoms with van der Waals surface area (Å²) in [6.45, 7) is -0.365. The average molecular weight is 362 g/mol. The van der Waals surface area contributed by atoms with E-state index in [0.717, 1.165) is 17.7 Å². The van der Waals surface area contributed by atoms with E-state index in [2.05, 4.69) is 0 Å². The van der Waals surface area contributed by atoms with E-state index in [1.54, 1.807) is 0 Å². The maximum atomic E-state index is 13.1. The van der Waals surface area contributed by atoms with Crippen molar-refractivity contribution in [2.75, 3.05) is 6.61 Å². The Bertz CT molecular complexity index is 676. The lowest BCUT2D eigenvalue weighted by molar-refractivity contribution is -0.163. The standard InChI is InChI=1S/C18H16F6O/c19-17(20,21)15-10-4-9-14(16(15)18(22,23)24)12-25-11-5-8-13-6-2-1-3-7-13/h1-4,6-7,9-10H,5,8,11-12H2. The number of hydrogen-bond donors (Lipinski definition) is 0. The molecule has 0 aliphatic carbocycles. The lowest BCUT2D eigenvalue weighted by atomic mass is 10.0. The molecule has 0 spiro atoms. The van der Waals surface area contributed by atoms with Crippen LogP contribution >= 0.6 is 0 Å². The second-order valence-electron chi connectivity index (χ2n) is 5.48. The lowest BCUT2D eigenvalue weighted by Gasteiger charge is -2.19. The minimum Gasteiger partial charge on any atom is -0.377 e. The van der Waals surface area contributed by atoms with Gasteiger partial charge in [-0.15, -0.1) is 0 Å². The summed E-state index contributed by atoms with van der Waals surface area (Å²) in [5.74, 6) is 0. The van der Waals surface area contributed by atoms with Gasteiger partial charge in [0.15, 0.2) is 0 Å². The predicted octanol–water partition coefficient (Wildman–Crippen LogP) is 5.87. The molecule has 0 radical (unpaired) electrons. The van der Waals surface area contributed by atoms with Crippen LogP contribution in [0.25, 0.3) is 0 Å². The van der Waals surface area contributed by atoms with Crippen molar-refractivity contribution in [3.63, 3.8) is 0 Å². The second-order valence-corrected chi connectivity index (χ2v) is 5.48. The van der Waals surface area contributed by atoms with Gasteiger partial charge in [-0.05, 0) is 30.0 Å². The van der Waals surface area contributed by atoms with E-state index in [4.69, 9.17) is 4.74 Å². The summed E-state index contributed by atoms with van der Waals surface area (Å²) in [7, 11) is 0. The van der Waals surface area contributed by atoms with E-state index < -0.39 is 35.6 Å². The first-order valence-corrected chi connectivity index (χ1v) is 7.57. The van der Waals surface area contributed by atoms with Gasteiger partial charge in [0.05, 0.1) is 17.7 Å². The Morgan fingerprint density at radius 2 is 1.44 bits per heavy atom. The Morgan fingerprint density at radius 3 is 2.04 bits per heavy atom. The molecular formula is C18H16F6O. The van der Waals surface area contributed by atoms with Crippen LogP contribution in [-0.4, -0.2) is 6.61 Å². The molecule has 0 heterocycles. The molecule has 1 nitrogen and oxygen atoms in total. The second kappa shape index (κ2) is 7.91. The van der Waals surface area contributed by atoms with Gasteiger partial charge in [0.1, 0.15) is 0 Å². The predicted molar refractivity (Wildman–Crippen MR) is 80.9 cm³/mol. The third-order valence-corrected chi connectivity index (χ3v) is 3.59. The Hall–Kier alpha value is -2.02. The quantitative estimate of drug-likeness (QED) is 0.461. The number of hydrogen-bond acceptors (Lipinski definition) is 1. The van der Waals surface area contributed by atoms with Crippen molar-refractivity contribution in [1.82, 2.24) is 0 Å². The zero-order valence-electron chi connectivity index (χ0n) is 13.1. The summed E-state index contributed by atoms with van der Waals surface area (Å²) < 4.78 is 83.0. The largest absolute Gasteiger partial charge is 0.417 e. The molecule has 2 aromatic carbocycles. The van der Waals surface area contributed by atoms with E-state index in [-0.39, 0.29) is 6.61 Å². The maximum Gasteiger partial charge on any atom is 0.417 e. The molecule has 0 N–H and O–H groups in total. The van der Waals surface area contributed by atoms with Gasteiger partial charge in [0.25, 0.3) is 0 Å². The molecule has 2 rings (SSSR count). The summed E-state index contributed by atoms with van der Waals surface area (Å²) >= 11 is 0. The highest BCUT2D eigenvalue weighted by atomic mass is 19.4. The number of halogens is 6. The van der Waals surface area contributed by atoms with Crippen LogP contribution in [0.15, 0.2) is 48.5 Å². The van der Waals surface area contributed by atoms with Crippen LogP contribution in [0.4, 0.5) is 26.3 Å². The van der Waals surface area contributed by atoms with Gasteiger partial charge in [-0.2, -0.15) is 26.3 Å². The molecule has 0 atom stereocenters. The van der Waals surface area contributed by atoms with Crippen molar-refractivity contribution in [1.29, 1.82) is 0 Å². The highest BCUT2D eigenvalue weighted by Gasteiger charge is 2.44. The summed E-state index contributed by atoms with van der Waals surface area (Å²) in [5.41, 5.74) is -2.82. The zero-order valence-corrected chi connectivity index (χ0v) is 13.1. The van der Waals surface area contributed by atoms with Gasteiger partial charge >= 0.3 is 12.4 Å². The molecule has 0 aromatic heterocycles. The zero-order chi connectivity index (χ0) is 18.5. The van der Waals surface area contributed by atoms with Crippen molar-refractivity contribution in [2.45, 2.75) is 31.8 Å². The number of ether oxygens (including phenoxy) is 1. The van der Waals surface area contributed by atoms with Gasteiger partial charge in [-0.1, -0.05) is 42.5 Å². The number of rotatable bonds is 6. The van der Waals surface area contributed by atoms with Crippen molar-refractivity contribution in [2.24, 2.45) is 0 Å². The highest BCUT2D eigenvalue weighted by Crippen LogP contribution is 2.42. The van der Waals surface area contributed by atoms with Crippen LogP contribution in [0.2, 0.25) is 0 Å². The van der Waals surface area contributed by atoms with Gasteiger partial charge in [-0.3, -0.25) is 0 Å².